The van der Waals surface area contributed by atoms with Gasteiger partial charge in [0.05, 0.1) is 0 Å². The zero-order valence-electron chi connectivity index (χ0n) is 10.7. The largest absolute Gasteiger partial charge is 0.352 e. The smallest absolute Gasteiger partial charge is 0.251 e. The topological polar surface area (TPSA) is 41.1 Å². The molecule has 1 heterocycles. The van der Waals surface area contributed by atoms with Crippen LogP contribution in [0, 0.1) is 5.92 Å². The summed E-state index contributed by atoms with van der Waals surface area (Å²) in [5.41, 5.74) is 1.94. The number of halogens is 1. The maximum absolute atomic E-state index is 12.0. The zero-order chi connectivity index (χ0) is 12.1. The normalized spacial score (nSPS) is 18.2. The van der Waals surface area contributed by atoms with E-state index in [1.165, 1.54) is 0 Å². The van der Waals surface area contributed by atoms with E-state index in [9.17, 15) is 4.79 Å². The molecule has 1 amide bonds. The fourth-order valence-electron chi connectivity index (χ4n) is 2.27. The van der Waals surface area contributed by atoms with E-state index in [1.54, 1.807) is 0 Å². The average molecular weight is 269 g/mol. The molecule has 1 aliphatic rings. The van der Waals surface area contributed by atoms with Crippen molar-refractivity contribution in [3.05, 3.63) is 35.4 Å². The summed E-state index contributed by atoms with van der Waals surface area (Å²) in [5, 5.41) is 6.34. The van der Waals surface area contributed by atoms with Crippen LogP contribution in [-0.4, -0.2) is 25.5 Å². The molecule has 0 saturated carbocycles. The van der Waals surface area contributed by atoms with Crippen LogP contribution in [0.3, 0.4) is 0 Å². The van der Waals surface area contributed by atoms with Gasteiger partial charge in [0, 0.05) is 12.1 Å². The van der Waals surface area contributed by atoms with Crippen molar-refractivity contribution in [3.63, 3.8) is 0 Å². The first-order valence-electron chi connectivity index (χ1n) is 6.38. The number of hydrogen-bond acceptors (Lipinski definition) is 2. The van der Waals surface area contributed by atoms with Gasteiger partial charge in [-0.25, -0.2) is 0 Å². The molecule has 3 nitrogen and oxygen atoms in total. The van der Waals surface area contributed by atoms with Crippen LogP contribution in [-0.2, 0) is 6.42 Å². The van der Waals surface area contributed by atoms with Crippen LogP contribution < -0.4 is 10.6 Å². The number of nitrogens with one attached hydrogen (secondary N) is 2. The summed E-state index contributed by atoms with van der Waals surface area (Å²) in [6, 6.07) is 7.83. The molecule has 1 unspecified atom stereocenters. The monoisotopic (exact) mass is 268 g/mol. The van der Waals surface area contributed by atoms with Crippen molar-refractivity contribution < 1.29 is 4.79 Å². The van der Waals surface area contributed by atoms with E-state index in [2.05, 4.69) is 17.6 Å². The quantitative estimate of drug-likeness (QED) is 0.877. The maximum atomic E-state index is 12.0. The molecule has 18 heavy (non-hydrogen) atoms. The van der Waals surface area contributed by atoms with Crippen molar-refractivity contribution in [1.29, 1.82) is 0 Å². The van der Waals surface area contributed by atoms with Gasteiger partial charge in [-0.15, -0.1) is 12.4 Å². The molecule has 0 radical (unpaired) electrons. The third kappa shape index (κ3) is 3.72. The van der Waals surface area contributed by atoms with E-state index >= 15 is 0 Å². The summed E-state index contributed by atoms with van der Waals surface area (Å²) < 4.78 is 0. The Morgan fingerprint density at radius 3 is 2.89 bits per heavy atom. The van der Waals surface area contributed by atoms with Gasteiger partial charge >= 0.3 is 0 Å². The number of rotatable bonds is 4. The number of aryl methyl sites for hydroxylation is 1. The molecule has 1 atom stereocenters. The number of carbonyl (C=O) groups is 1. The first kappa shape index (κ1) is 15.0. The molecule has 1 saturated heterocycles. The molecule has 2 N–H and O–H groups in total. The first-order valence-corrected chi connectivity index (χ1v) is 6.38. The van der Waals surface area contributed by atoms with Crippen molar-refractivity contribution in [2.75, 3.05) is 19.6 Å². The van der Waals surface area contributed by atoms with Crippen LogP contribution in [0.15, 0.2) is 24.3 Å². The van der Waals surface area contributed by atoms with E-state index in [0.717, 1.165) is 43.6 Å². The molecule has 1 fully saturated rings. The summed E-state index contributed by atoms with van der Waals surface area (Å²) in [6.07, 6.45) is 2.06. The summed E-state index contributed by atoms with van der Waals surface area (Å²) in [4.78, 5) is 12.0. The maximum Gasteiger partial charge on any atom is 0.251 e. The molecule has 4 heteroatoms. The number of carbonyl (C=O) groups excluding carboxylic acids is 1. The molecule has 0 bridgehead atoms. The van der Waals surface area contributed by atoms with Gasteiger partial charge in [-0.1, -0.05) is 25.1 Å². The third-order valence-corrected chi connectivity index (χ3v) is 3.36. The van der Waals surface area contributed by atoms with Gasteiger partial charge in [0.15, 0.2) is 0 Å². The Labute approximate surface area is 115 Å². The highest BCUT2D eigenvalue weighted by molar-refractivity contribution is 5.95. The summed E-state index contributed by atoms with van der Waals surface area (Å²) in [6.45, 7) is 4.96. The highest BCUT2D eigenvalue weighted by Crippen LogP contribution is 2.10. The summed E-state index contributed by atoms with van der Waals surface area (Å²) in [5.74, 6) is 0.655. The Morgan fingerprint density at radius 1 is 1.44 bits per heavy atom. The minimum absolute atomic E-state index is 0. The van der Waals surface area contributed by atoms with Gasteiger partial charge in [0.2, 0.25) is 0 Å². The lowest BCUT2D eigenvalue weighted by atomic mass is 10.0. The average Bonchev–Trinajstić information content (AvgIpc) is 2.89. The van der Waals surface area contributed by atoms with Crippen LogP contribution in [0.5, 0.6) is 0 Å². The molecule has 100 valence electrons. The van der Waals surface area contributed by atoms with Gasteiger partial charge in [-0.05, 0) is 43.5 Å². The lowest BCUT2D eigenvalue weighted by Gasteiger charge is -2.12. The highest BCUT2D eigenvalue weighted by atomic mass is 35.5. The van der Waals surface area contributed by atoms with E-state index in [1.807, 2.05) is 24.3 Å². The summed E-state index contributed by atoms with van der Waals surface area (Å²) in [7, 11) is 0. The molecule has 0 spiro atoms. The number of hydrogen-bond donors (Lipinski definition) is 2. The van der Waals surface area contributed by atoms with Crippen LogP contribution in [0.4, 0.5) is 0 Å². The predicted molar refractivity (Wildman–Crippen MR) is 76.4 cm³/mol. The standard InChI is InChI=1S/C14H20N2O.ClH/c1-2-12-5-3-4-6-13(12)14(17)16-10-11-7-8-15-9-11;/h3-6,11,15H,2,7-10H2,1H3,(H,16,17);1H. The van der Waals surface area contributed by atoms with Crippen molar-refractivity contribution in [1.82, 2.24) is 10.6 Å². The van der Waals surface area contributed by atoms with E-state index in [0.29, 0.717) is 5.92 Å². The minimum Gasteiger partial charge on any atom is -0.352 e. The molecule has 0 aromatic heterocycles. The predicted octanol–water partition coefficient (Wildman–Crippen LogP) is 2.01. The second-order valence-corrected chi connectivity index (χ2v) is 4.58. The fraction of sp³-hybridized carbons (Fsp3) is 0.500. The molecular weight excluding hydrogens is 248 g/mol. The Kier molecular flexibility index (Phi) is 6.16. The van der Waals surface area contributed by atoms with E-state index in [4.69, 9.17) is 0 Å². The SMILES string of the molecule is CCc1ccccc1C(=O)NCC1CCNC1.Cl. The van der Waals surface area contributed by atoms with Crippen LogP contribution in [0.25, 0.3) is 0 Å². The Hall–Kier alpha value is -1.06. The van der Waals surface area contributed by atoms with Gasteiger partial charge in [0.25, 0.3) is 5.91 Å². The highest BCUT2D eigenvalue weighted by Gasteiger charge is 2.16. The van der Waals surface area contributed by atoms with Gasteiger partial charge in [-0.2, -0.15) is 0 Å². The summed E-state index contributed by atoms with van der Waals surface area (Å²) >= 11 is 0. The molecule has 1 aromatic rings. The van der Waals surface area contributed by atoms with Crippen molar-refractivity contribution in [3.8, 4) is 0 Å². The molecule has 1 aromatic carbocycles. The van der Waals surface area contributed by atoms with Gasteiger partial charge in [-0.3, -0.25) is 4.79 Å². The van der Waals surface area contributed by atoms with Crippen LogP contribution in [0.2, 0.25) is 0 Å². The van der Waals surface area contributed by atoms with Crippen molar-refractivity contribution in [2.24, 2.45) is 5.92 Å². The van der Waals surface area contributed by atoms with E-state index < -0.39 is 0 Å². The second kappa shape index (κ2) is 7.39. The first-order chi connectivity index (χ1) is 8.31. The molecule has 2 rings (SSSR count). The van der Waals surface area contributed by atoms with E-state index in [-0.39, 0.29) is 18.3 Å². The molecule has 0 aliphatic carbocycles. The van der Waals surface area contributed by atoms with Gasteiger partial charge in [0.1, 0.15) is 0 Å². The molecule has 1 aliphatic heterocycles. The Balaban J connectivity index is 0.00000162. The fourth-order valence-corrected chi connectivity index (χ4v) is 2.27. The Bertz CT molecular complexity index is 389. The molecular formula is C14H21ClN2O. The Morgan fingerprint density at radius 2 is 2.22 bits per heavy atom. The zero-order valence-corrected chi connectivity index (χ0v) is 11.6. The minimum atomic E-state index is 0. The lowest BCUT2D eigenvalue weighted by molar-refractivity contribution is 0.0947. The number of amides is 1. The van der Waals surface area contributed by atoms with Crippen molar-refractivity contribution >= 4 is 18.3 Å². The third-order valence-electron chi connectivity index (χ3n) is 3.36. The lowest BCUT2D eigenvalue weighted by Crippen LogP contribution is -2.30. The van der Waals surface area contributed by atoms with Crippen LogP contribution >= 0.6 is 12.4 Å². The van der Waals surface area contributed by atoms with Gasteiger partial charge < -0.3 is 10.6 Å². The van der Waals surface area contributed by atoms with Crippen molar-refractivity contribution in [2.45, 2.75) is 19.8 Å². The number of benzene rings is 1. The second-order valence-electron chi connectivity index (χ2n) is 4.58. The van der Waals surface area contributed by atoms with Crippen LogP contribution in [0.1, 0.15) is 29.3 Å².